The number of hydrogen-bond donors (Lipinski definition) is 2. The maximum absolute atomic E-state index is 12.8. The Hall–Kier alpha value is -3.78. The monoisotopic (exact) mass is 418 g/mol. The van der Waals surface area contributed by atoms with Gasteiger partial charge in [0.15, 0.2) is 5.16 Å². The topological polar surface area (TPSA) is 89.2 Å². The van der Waals surface area contributed by atoms with Crippen LogP contribution in [0, 0.1) is 0 Å². The molecular formula is C22H18N4O3S. The van der Waals surface area contributed by atoms with Gasteiger partial charge in [0.25, 0.3) is 11.8 Å². The molecule has 2 aromatic carbocycles. The molecule has 4 rings (SSSR count). The molecule has 0 aliphatic carbocycles. The number of furan rings is 1. The average Bonchev–Trinajstić information content (AvgIpc) is 3.46. The summed E-state index contributed by atoms with van der Waals surface area (Å²) in [6.45, 7) is 0. The summed E-state index contributed by atoms with van der Waals surface area (Å²) < 4.78 is 6.85. The molecule has 0 aliphatic heterocycles. The Morgan fingerprint density at radius 3 is 2.40 bits per heavy atom. The third-order valence-corrected chi connectivity index (χ3v) is 5.00. The van der Waals surface area contributed by atoms with E-state index in [-0.39, 0.29) is 11.8 Å². The number of rotatable bonds is 6. The molecule has 0 aliphatic rings. The Morgan fingerprint density at radius 1 is 0.967 bits per heavy atom. The normalized spacial score (nSPS) is 10.6. The lowest BCUT2D eigenvalue weighted by Crippen LogP contribution is -2.14. The predicted molar refractivity (Wildman–Crippen MR) is 116 cm³/mol. The molecule has 0 bridgehead atoms. The minimum Gasteiger partial charge on any atom is -0.472 e. The summed E-state index contributed by atoms with van der Waals surface area (Å²) >= 11 is 1.53. The first-order valence-electron chi connectivity index (χ1n) is 9.07. The van der Waals surface area contributed by atoms with E-state index in [1.165, 1.54) is 24.3 Å². The van der Waals surface area contributed by atoms with Gasteiger partial charge in [-0.05, 0) is 48.7 Å². The molecule has 8 heteroatoms. The van der Waals surface area contributed by atoms with Crippen LogP contribution in [0.2, 0.25) is 0 Å². The lowest BCUT2D eigenvalue weighted by Gasteiger charge is -2.10. The standard InChI is InChI=1S/C22H18N4O3S/c1-30-22-23-9-10-26(22)19-7-2-4-15(12-19)20(27)24-17-5-3-6-18(13-17)25-21(28)16-8-11-29-14-16/h2-14H,1H3,(H,24,27)(H,25,28). The number of imidazole rings is 1. The zero-order chi connectivity index (χ0) is 20.9. The van der Waals surface area contributed by atoms with E-state index in [2.05, 4.69) is 15.6 Å². The van der Waals surface area contributed by atoms with Crippen molar-refractivity contribution in [3.05, 3.63) is 90.6 Å². The maximum Gasteiger partial charge on any atom is 0.258 e. The summed E-state index contributed by atoms with van der Waals surface area (Å²) in [4.78, 5) is 29.2. The summed E-state index contributed by atoms with van der Waals surface area (Å²) in [5, 5.41) is 6.49. The predicted octanol–water partition coefficient (Wildman–Crippen LogP) is 4.69. The minimum atomic E-state index is -0.287. The first-order valence-corrected chi connectivity index (χ1v) is 10.3. The van der Waals surface area contributed by atoms with Gasteiger partial charge in [0.05, 0.1) is 11.8 Å². The number of nitrogens with one attached hydrogen (secondary N) is 2. The Bertz CT molecular complexity index is 1180. The number of thioether (sulfide) groups is 1. The Kier molecular flexibility index (Phi) is 5.67. The summed E-state index contributed by atoms with van der Waals surface area (Å²) in [5.74, 6) is -0.536. The van der Waals surface area contributed by atoms with Crippen molar-refractivity contribution in [1.82, 2.24) is 9.55 Å². The molecule has 0 radical (unpaired) electrons. The summed E-state index contributed by atoms with van der Waals surface area (Å²) in [6, 6.07) is 15.8. The van der Waals surface area contributed by atoms with Gasteiger partial charge in [-0.1, -0.05) is 23.9 Å². The highest BCUT2D eigenvalue weighted by atomic mass is 32.2. The van der Waals surface area contributed by atoms with Gasteiger partial charge in [0.2, 0.25) is 0 Å². The van der Waals surface area contributed by atoms with Gasteiger partial charge in [0.1, 0.15) is 6.26 Å². The number of amides is 2. The number of carbonyl (C=O) groups is 2. The van der Waals surface area contributed by atoms with Crippen LogP contribution in [0.4, 0.5) is 11.4 Å². The van der Waals surface area contributed by atoms with Crippen LogP contribution < -0.4 is 10.6 Å². The number of aromatic nitrogens is 2. The van der Waals surface area contributed by atoms with Crippen molar-refractivity contribution in [3.8, 4) is 5.69 Å². The maximum atomic E-state index is 12.8. The Balaban J connectivity index is 1.49. The van der Waals surface area contributed by atoms with Gasteiger partial charge in [0, 0.05) is 35.0 Å². The highest BCUT2D eigenvalue weighted by Crippen LogP contribution is 2.21. The molecule has 2 heterocycles. The molecule has 150 valence electrons. The lowest BCUT2D eigenvalue weighted by atomic mass is 10.1. The van der Waals surface area contributed by atoms with E-state index < -0.39 is 0 Å². The molecule has 0 atom stereocenters. The van der Waals surface area contributed by atoms with E-state index in [9.17, 15) is 9.59 Å². The number of nitrogens with zero attached hydrogens (tertiary/aromatic N) is 2. The SMILES string of the molecule is CSc1nccn1-c1cccc(C(=O)Nc2cccc(NC(=O)c3ccoc3)c2)c1. The number of carbonyl (C=O) groups excluding carboxylic acids is 2. The fourth-order valence-electron chi connectivity index (χ4n) is 2.91. The highest BCUT2D eigenvalue weighted by molar-refractivity contribution is 7.98. The molecule has 0 saturated carbocycles. The van der Waals surface area contributed by atoms with E-state index in [4.69, 9.17) is 4.42 Å². The van der Waals surface area contributed by atoms with E-state index in [1.807, 2.05) is 29.2 Å². The van der Waals surface area contributed by atoms with Crippen molar-refractivity contribution in [3.63, 3.8) is 0 Å². The molecule has 4 aromatic rings. The van der Waals surface area contributed by atoms with E-state index in [0.717, 1.165) is 10.8 Å². The van der Waals surface area contributed by atoms with Crippen LogP contribution in [0.5, 0.6) is 0 Å². The van der Waals surface area contributed by atoms with Crippen molar-refractivity contribution >= 4 is 35.0 Å². The van der Waals surface area contributed by atoms with Gasteiger partial charge in [-0.15, -0.1) is 0 Å². The van der Waals surface area contributed by atoms with E-state index >= 15 is 0 Å². The Morgan fingerprint density at radius 2 is 1.70 bits per heavy atom. The van der Waals surface area contributed by atoms with Crippen molar-refractivity contribution in [2.45, 2.75) is 5.16 Å². The average molecular weight is 418 g/mol. The molecule has 2 amide bonds. The van der Waals surface area contributed by atoms with Gasteiger partial charge in [-0.2, -0.15) is 0 Å². The number of benzene rings is 2. The van der Waals surface area contributed by atoms with Crippen LogP contribution in [0.1, 0.15) is 20.7 Å². The molecule has 30 heavy (non-hydrogen) atoms. The molecule has 0 fully saturated rings. The fourth-order valence-corrected chi connectivity index (χ4v) is 3.44. The molecule has 2 aromatic heterocycles. The second kappa shape index (κ2) is 8.71. The third kappa shape index (κ3) is 4.28. The molecular weight excluding hydrogens is 400 g/mol. The molecule has 7 nitrogen and oxygen atoms in total. The summed E-state index contributed by atoms with van der Waals surface area (Å²) in [6.07, 6.45) is 8.34. The molecule has 2 N–H and O–H groups in total. The second-order valence-corrected chi connectivity index (χ2v) is 7.11. The molecule has 0 unspecified atom stereocenters. The van der Waals surface area contributed by atoms with Crippen molar-refractivity contribution < 1.29 is 14.0 Å². The number of anilines is 2. The first kappa shape index (κ1) is 19.5. The van der Waals surface area contributed by atoms with Crippen LogP contribution in [0.25, 0.3) is 5.69 Å². The quantitative estimate of drug-likeness (QED) is 0.443. The second-order valence-electron chi connectivity index (χ2n) is 6.34. The van der Waals surface area contributed by atoms with Gasteiger partial charge < -0.3 is 15.1 Å². The third-order valence-electron chi connectivity index (χ3n) is 4.34. The van der Waals surface area contributed by atoms with Crippen LogP contribution >= 0.6 is 11.8 Å². The molecule has 0 saturated heterocycles. The smallest absolute Gasteiger partial charge is 0.258 e. The van der Waals surface area contributed by atoms with E-state index in [1.54, 1.807) is 48.7 Å². The highest BCUT2D eigenvalue weighted by Gasteiger charge is 2.11. The van der Waals surface area contributed by atoms with Gasteiger partial charge >= 0.3 is 0 Å². The van der Waals surface area contributed by atoms with Gasteiger partial charge in [-0.3, -0.25) is 14.2 Å². The largest absolute Gasteiger partial charge is 0.472 e. The van der Waals surface area contributed by atoms with Crippen molar-refractivity contribution in [2.24, 2.45) is 0 Å². The first-order chi connectivity index (χ1) is 14.6. The summed E-state index contributed by atoms with van der Waals surface area (Å²) in [5.41, 5.74) is 2.93. The van der Waals surface area contributed by atoms with E-state index in [0.29, 0.717) is 22.5 Å². The van der Waals surface area contributed by atoms with Crippen LogP contribution in [0.15, 0.2) is 89.1 Å². The van der Waals surface area contributed by atoms with Crippen molar-refractivity contribution in [1.29, 1.82) is 0 Å². The van der Waals surface area contributed by atoms with Crippen LogP contribution in [0.3, 0.4) is 0 Å². The lowest BCUT2D eigenvalue weighted by molar-refractivity contribution is 0.101. The zero-order valence-corrected chi connectivity index (χ0v) is 16.8. The molecule has 0 spiro atoms. The van der Waals surface area contributed by atoms with Crippen LogP contribution in [-0.4, -0.2) is 27.6 Å². The fraction of sp³-hybridized carbons (Fsp3) is 0.0455. The van der Waals surface area contributed by atoms with Crippen molar-refractivity contribution in [2.75, 3.05) is 16.9 Å². The Labute approximate surface area is 177 Å². The number of hydrogen-bond acceptors (Lipinski definition) is 5. The summed E-state index contributed by atoms with van der Waals surface area (Å²) in [7, 11) is 0. The van der Waals surface area contributed by atoms with Gasteiger partial charge in [-0.25, -0.2) is 4.98 Å². The zero-order valence-electron chi connectivity index (χ0n) is 16.0. The van der Waals surface area contributed by atoms with Crippen LogP contribution in [-0.2, 0) is 0 Å². The minimum absolute atomic E-state index is 0.249.